The molecule has 0 aromatic carbocycles. The molecule has 0 saturated carbocycles. The molecule has 0 aliphatic heterocycles. The van der Waals surface area contributed by atoms with Crippen LogP contribution in [0.1, 0.15) is 34.6 Å². The topological polar surface area (TPSA) is 44.8 Å². The van der Waals surface area contributed by atoms with Gasteiger partial charge in [-0.25, -0.2) is 4.57 Å². The van der Waals surface area contributed by atoms with Crippen molar-refractivity contribution in [1.82, 2.24) is 0 Å². The van der Waals surface area contributed by atoms with Crippen molar-refractivity contribution >= 4 is 7.82 Å². The zero-order valence-electron chi connectivity index (χ0n) is 10.8. The minimum absolute atomic E-state index is 0.213. The highest BCUT2D eigenvalue weighted by atomic mass is 31.2. The molecule has 0 radical (unpaired) electrons. The third-order valence-electron chi connectivity index (χ3n) is 1.86. The molecule has 0 N–H and O–H groups in total. The lowest BCUT2D eigenvalue weighted by Crippen LogP contribution is -2.17. The molecular formula is C11H23O4P. The van der Waals surface area contributed by atoms with Gasteiger partial charge in [-0.05, 0) is 26.7 Å². The van der Waals surface area contributed by atoms with Gasteiger partial charge in [-0.1, -0.05) is 26.0 Å². The van der Waals surface area contributed by atoms with Crippen molar-refractivity contribution in [1.29, 1.82) is 0 Å². The fraction of sp³-hybridized carbons (Fsp3) is 0.818. The summed E-state index contributed by atoms with van der Waals surface area (Å²) in [5.41, 5.74) is 0. The van der Waals surface area contributed by atoms with Crippen molar-refractivity contribution in [2.45, 2.75) is 40.7 Å². The summed E-state index contributed by atoms with van der Waals surface area (Å²) >= 11 is 0. The average Bonchev–Trinajstić information content (AvgIpc) is 2.17. The minimum Gasteiger partial charge on any atom is -0.287 e. The molecule has 1 atom stereocenters. The molecule has 5 heteroatoms. The summed E-state index contributed by atoms with van der Waals surface area (Å²) in [4.78, 5) is 0. The van der Waals surface area contributed by atoms with Crippen LogP contribution in [0.15, 0.2) is 12.2 Å². The molecule has 0 amide bonds. The number of phosphoric acid groups is 1. The summed E-state index contributed by atoms with van der Waals surface area (Å²) in [7, 11) is -3.41. The van der Waals surface area contributed by atoms with E-state index in [1.807, 2.05) is 32.9 Å². The third-order valence-corrected chi connectivity index (χ3v) is 3.51. The fourth-order valence-electron chi connectivity index (χ4n) is 1.13. The van der Waals surface area contributed by atoms with Crippen molar-refractivity contribution in [2.24, 2.45) is 5.92 Å². The van der Waals surface area contributed by atoms with Crippen LogP contribution in [0.5, 0.6) is 0 Å². The Morgan fingerprint density at radius 1 is 1.19 bits per heavy atom. The lowest BCUT2D eigenvalue weighted by molar-refractivity contribution is 0.0838. The maximum Gasteiger partial charge on any atom is 0.475 e. The minimum atomic E-state index is -3.41. The highest BCUT2D eigenvalue weighted by molar-refractivity contribution is 7.48. The van der Waals surface area contributed by atoms with Crippen LogP contribution in [-0.2, 0) is 18.1 Å². The summed E-state index contributed by atoms with van der Waals surface area (Å²) in [5, 5.41) is 0. The standard InChI is InChI=1S/C11H23O4P/c1-6-9-11(10(4)5)15-16(12,13-7-2)14-8-3/h6,9-11H,7-8H2,1-5H3/b9-6+/t11-/m0/s1. The summed E-state index contributed by atoms with van der Waals surface area (Å²) in [5.74, 6) is 0.213. The van der Waals surface area contributed by atoms with E-state index in [0.29, 0.717) is 13.2 Å². The lowest BCUT2D eigenvalue weighted by atomic mass is 10.1. The lowest BCUT2D eigenvalue weighted by Gasteiger charge is -2.23. The van der Waals surface area contributed by atoms with Gasteiger partial charge in [0.15, 0.2) is 0 Å². The fourth-order valence-corrected chi connectivity index (χ4v) is 2.57. The summed E-state index contributed by atoms with van der Waals surface area (Å²) in [6, 6.07) is 0. The van der Waals surface area contributed by atoms with E-state index in [2.05, 4.69) is 0 Å². The molecule has 0 spiro atoms. The van der Waals surface area contributed by atoms with Crippen molar-refractivity contribution in [3.05, 3.63) is 12.2 Å². The molecule has 0 bridgehead atoms. The predicted molar refractivity (Wildman–Crippen MR) is 65.4 cm³/mol. The van der Waals surface area contributed by atoms with Gasteiger partial charge < -0.3 is 0 Å². The van der Waals surface area contributed by atoms with E-state index < -0.39 is 7.82 Å². The number of hydrogen-bond donors (Lipinski definition) is 0. The van der Waals surface area contributed by atoms with Gasteiger partial charge in [-0.15, -0.1) is 0 Å². The van der Waals surface area contributed by atoms with Gasteiger partial charge in [0, 0.05) is 0 Å². The quantitative estimate of drug-likeness (QED) is 0.485. The van der Waals surface area contributed by atoms with Crippen LogP contribution in [0, 0.1) is 5.92 Å². The summed E-state index contributed by atoms with van der Waals surface area (Å²) in [6.07, 6.45) is 3.47. The molecule has 0 unspecified atom stereocenters. The molecule has 0 heterocycles. The van der Waals surface area contributed by atoms with Gasteiger partial charge in [0.25, 0.3) is 0 Å². The first-order valence-corrected chi connectivity index (χ1v) is 7.15. The molecule has 4 nitrogen and oxygen atoms in total. The van der Waals surface area contributed by atoms with Crippen molar-refractivity contribution in [2.75, 3.05) is 13.2 Å². The molecular weight excluding hydrogens is 227 g/mol. The Labute approximate surface area is 98.6 Å². The summed E-state index contributed by atoms with van der Waals surface area (Å²) < 4.78 is 27.7. The zero-order chi connectivity index (χ0) is 12.6. The first-order chi connectivity index (χ1) is 7.49. The Balaban J connectivity index is 4.63. The molecule has 0 aromatic rings. The van der Waals surface area contributed by atoms with Crippen LogP contribution in [0.3, 0.4) is 0 Å². The second-order valence-electron chi connectivity index (χ2n) is 3.62. The van der Waals surface area contributed by atoms with Gasteiger partial charge >= 0.3 is 7.82 Å². The van der Waals surface area contributed by atoms with Crippen molar-refractivity contribution < 1.29 is 18.1 Å². The SMILES string of the molecule is C/C=C/[C@H](OP(=O)(OCC)OCC)C(C)C. The van der Waals surface area contributed by atoms with Crippen LogP contribution in [0.25, 0.3) is 0 Å². The largest absolute Gasteiger partial charge is 0.475 e. The van der Waals surface area contributed by atoms with E-state index in [0.717, 1.165) is 0 Å². The number of allylic oxidation sites excluding steroid dienone is 1. The monoisotopic (exact) mass is 250 g/mol. The highest BCUT2D eigenvalue weighted by Gasteiger charge is 2.30. The van der Waals surface area contributed by atoms with Gasteiger partial charge in [0.2, 0.25) is 0 Å². The Kier molecular flexibility index (Phi) is 7.94. The zero-order valence-corrected chi connectivity index (χ0v) is 11.7. The van der Waals surface area contributed by atoms with E-state index in [1.54, 1.807) is 13.8 Å². The molecule has 96 valence electrons. The maximum atomic E-state index is 12.1. The van der Waals surface area contributed by atoms with Crippen LogP contribution in [0.2, 0.25) is 0 Å². The number of rotatable bonds is 8. The second kappa shape index (κ2) is 8.02. The number of phosphoric ester groups is 1. The molecule has 0 aromatic heterocycles. The van der Waals surface area contributed by atoms with E-state index >= 15 is 0 Å². The maximum absolute atomic E-state index is 12.1. The molecule has 0 aliphatic rings. The van der Waals surface area contributed by atoms with Crippen molar-refractivity contribution in [3.63, 3.8) is 0 Å². The average molecular weight is 250 g/mol. The van der Waals surface area contributed by atoms with E-state index in [4.69, 9.17) is 13.6 Å². The Morgan fingerprint density at radius 3 is 2.00 bits per heavy atom. The van der Waals surface area contributed by atoms with Gasteiger partial charge in [0.1, 0.15) is 0 Å². The van der Waals surface area contributed by atoms with E-state index in [-0.39, 0.29) is 12.0 Å². The van der Waals surface area contributed by atoms with Gasteiger partial charge in [-0.2, -0.15) is 0 Å². The van der Waals surface area contributed by atoms with Crippen LogP contribution in [0.4, 0.5) is 0 Å². The second-order valence-corrected chi connectivity index (χ2v) is 5.24. The molecule has 0 fully saturated rings. The van der Waals surface area contributed by atoms with Crippen molar-refractivity contribution in [3.8, 4) is 0 Å². The molecule has 0 rings (SSSR count). The molecule has 0 aliphatic carbocycles. The number of hydrogen-bond acceptors (Lipinski definition) is 4. The summed E-state index contributed by atoms with van der Waals surface area (Å²) in [6.45, 7) is 10.0. The molecule has 16 heavy (non-hydrogen) atoms. The Hall–Kier alpha value is -0.150. The van der Waals surface area contributed by atoms with Crippen LogP contribution < -0.4 is 0 Å². The third kappa shape index (κ3) is 5.80. The predicted octanol–water partition coefficient (Wildman–Crippen LogP) is 3.78. The Bertz CT molecular complexity index is 240. The van der Waals surface area contributed by atoms with E-state index in [9.17, 15) is 4.57 Å². The normalized spacial score (nSPS) is 14.9. The first-order valence-electron chi connectivity index (χ1n) is 5.69. The van der Waals surface area contributed by atoms with Crippen LogP contribution >= 0.6 is 7.82 Å². The molecule has 0 saturated heterocycles. The Morgan fingerprint density at radius 2 is 1.69 bits per heavy atom. The van der Waals surface area contributed by atoms with Gasteiger partial charge in [-0.3, -0.25) is 13.6 Å². The first kappa shape index (κ1) is 15.9. The van der Waals surface area contributed by atoms with E-state index in [1.165, 1.54) is 0 Å². The van der Waals surface area contributed by atoms with Crippen LogP contribution in [-0.4, -0.2) is 19.3 Å². The smallest absolute Gasteiger partial charge is 0.287 e. The highest BCUT2D eigenvalue weighted by Crippen LogP contribution is 2.51. The van der Waals surface area contributed by atoms with Gasteiger partial charge in [0.05, 0.1) is 19.3 Å².